The van der Waals surface area contributed by atoms with Crippen LogP contribution in [0.2, 0.25) is 0 Å². The molecule has 0 aliphatic carbocycles. The molecule has 0 aromatic heterocycles. The molecular weight excluding hydrogens is 270 g/mol. The summed E-state index contributed by atoms with van der Waals surface area (Å²) in [6.07, 6.45) is 3.03. The molecule has 0 aliphatic rings. The van der Waals surface area contributed by atoms with Crippen LogP contribution in [-0.2, 0) is 4.74 Å². The van der Waals surface area contributed by atoms with Crippen molar-refractivity contribution in [3.05, 3.63) is 0 Å². The highest BCUT2D eigenvalue weighted by Crippen LogP contribution is 2.33. The van der Waals surface area contributed by atoms with Crippen LogP contribution in [0.5, 0.6) is 0 Å². The highest BCUT2D eigenvalue weighted by Gasteiger charge is 2.39. The lowest BCUT2D eigenvalue weighted by Crippen LogP contribution is -2.33. The van der Waals surface area contributed by atoms with Crippen molar-refractivity contribution >= 4 is 0 Å². The normalized spacial score (nSPS) is 18.3. The number of rotatable bonds is 12. The van der Waals surface area contributed by atoms with E-state index in [1.807, 2.05) is 0 Å². The van der Waals surface area contributed by atoms with E-state index in [0.29, 0.717) is 24.7 Å². The second-order valence-electron chi connectivity index (χ2n) is 6.85. The summed E-state index contributed by atoms with van der Waals surface area (Å²) < 4.78 is 33.2. The van der Waals surface area contributed by atoms with Gasteiger partial charge < -0.3 is 4.74 Å². The molecule has 0 fully saturated rings. The lowest BCUT2D eigenvalue weighted by Gasteiger charge is -2.28. The summed E-state index contributed by atoms with van der Waals surface area (Å²) in [4.78, 5) is 0. The third-order valence-electron chi connectivity index (χ3n) is 4.67. The van der Waals surface area contributed by atoms with Crippen molar-refractivity contribution in [1.82, 2.24) is 0 Å². The Morgan fingerprint density at radius 1 is 0.810 bits per heavy atom. The highest BCUT2D eigenvalue weighted by molar-refractivity contribution is 4.70. The maximum Gasteiger partial charge on any atom is 0.358 e. The summed E-state index contributed by atoms with van der Waals surface area (Å²) in [5, 5.41) is 0. The van der Waals surface area contributed by atoms with Crippen molar-refractivity contribution < 1.29 is 13.5 Å². The predicted molar refractivity (Wildman–Crippen MR) is 86.7 cm³/mol. The van der Waals surface area contributed by atoms with E-state index in [-0.39, 0.29) is 6.10 Å². The molecule has 0 spiro atoms. The van der Waals surface area contributed by atoms with Crippen LogP contribution in [0.4, 0.5) is 8.78 Å². The molecule has 0 bridgehead atoms. The fraction of sp³-hybridized carbons (Fsp3) is 1.00. The SMILES string of the molecule is CCCCC(C)OC(F)(F)C(C)CCC(C)C(C)CCC. The van der Waals surface area contributed by atoms with E-state index in [1.54, 1.807) is 13.8 Å². The van der Waals surface area contributed by atoms with Gasteiger partial charge in [-0.25, -0.2) is 0 Å². The van der Waals surface area contributed by atoms with Crippen molar-refractivity contribution in [2.45, 2.75) is 98.7 Å². The van der Waals surface area contributed by atoms with E-state index in [0.717, 1.165) is 25.7 Å². The van der Waals surface area contributed by atoms with Crippen LogP contribution >= 0.6 is 0 Å². The van der Waals surface area contributed by atoms with Gasteiger partial charge in [0.2, 0.25) is 0 Å². The van der Waals surface area contributed by atoms with E-state index in [9.17, 15) is 8.78 Å². The zero-order valence-electron chi connectivity index (χ0n) is 14.9. The van der Waals surface area contributed by atoms with Crippen LogP contribution in [0.15, 0.2) is 0 Å². The Morgan fingerprint density at radius 2 is 1.38 bits per heavy atom. The van der Waals surface area contributed by atoms with E-state index in [1.165, 1.54) is 6.42 Å². The first kappa shape index (κ1) is 20.8. The second-order valence-corrected chi connectivity index (χ2v) is 6.85. The summed E-state index contributed by atoms with van der Waals surface area (Å²) in [6, 6.07) is 0. The Morgan fingerprint density at radius 3 is 1.90 bits per heavy atom. The Balaban J connectivity index is 4.19. The van der Waals surface area contributed by atoms with Crippen LogP contribution in [0.1, 0.15) is 86.5 Å². The highest BCUT2D eigenvalue weighted by atomic mass is 19.3. The molecule has 1 nitrogen and oxygen atoms in total. The number of unbranched alkanes of at least 4 members (excludes halogenated alkanes) is 1. The zero-order chi connectivity index (χ0) is 16.5. The van der Waals surface area contributed by atoms with Crippen LogP contribution in [0, 0.1) is 17.8 Å². The number of hydrogen-bond donors (Lipinski definition) is 0. The van der Waals surface area contributed by atoms with Gasteiger partial charge in [-0.2, -0.15) is 8.78 Å². The van der Waals surface area contributed by atoms with Crippen molar-refractivity contribution in [3.63, 3.8) is 0 Å². The number of alkyl halides is 2. The third kappa shape index (κ3) is 8.75. The van der Waals surface area contributed by atoms with Crippen molar-refractivity contribution in [2.75, 3.05) is 0 Å². The molecule has 0 saturated heterocycles. The molecule has 128 valence electrons. The number of hydrogen-bond acceptors (Lipinski definition) is 1. The molecule has 0 amide bonds. The largest absolute Gasteiger partial charge is 0.358 e. The summed E-state index contributed by atoms with van der Waals surface area (Å²) in [5.41, 5.74) is 0. The fourth-order valence-corrected chi connectivity index (χ4v) is 2.64. The first-order valence-corrected chi connectivity index (χ1v) is 8.80. The molecule has 0 aromatic rings. The molecule has 21 heavy (non-hydrogen) atoms. The minimum atomic E-state index is -3.00. The van der Waals surface area contributed by atoms with Crippen LogP contribution in [-0.4, -0.2) is 12.2 Å². The second kappa shape index (κ2) is 10.5. The summed E-state index contributed by atoms with van der Waals surface area (Å²) in [7, 11) is 0. The zero-order valence-corrected chi connectivity index (χ0v) is 14.9. The molecule has 0 aromatic carbocycles. The Labute approximate surface area is 130 Å². The first-order valence-electron chi connectivity index (χ1n) is 8.80. The standard InChI is InChI=1S/C18H36F2O/c1-7-9-11-17(6)21-18(19,20)16(5)13-12-15(4)14(3)10-8-2/h14-17H,7-13H2,1-6H3. The van der Waals surface area contributed by atoms with E-state index >= 15 is 0 Å². The number of ether oxygens (including phenoxy) is 1. The van der Waals surface area contributed by atoms with Crippen molar-refractivity contribution in [3.8, 4) is 0 Å². The first-order chi connectivity index (χ1) is 9.74. The molecule has 4 atom stereocenters. The summed E-state index contributed by atoms with van der Waals surface area (Å²) in [5.74, 6) is 0.402. The lowest BCUT2D eigenvalue weighted by molar-refractivity contribution is -0.289. The van der Waals surface area contributed by atoms with E-state index in [4.69, 9.17) is 4.74 Å². The average Bonchev–Trinajstić information content (AvgIpc) is 2.41. The fourth-order valence-electron chi connectivity index (χ4n) is 2.64. The Kier molecular flexibility index (Phi) is 10.4. The maximum atomic E-state index is 14.1. The molecule has 0 saturated carbocycles. The van der Waals surface area contributed by atoms with E-state index in [2.05, 4.69) is 27.7 Å². The van der Waals surface area contributed by atoms with Crippen molar-refractivity contribution in [1.29, 1.82) is 0 Å². The molecule has 0 aliphatic heterocycles. The van der Waals surface area contributed by atoms with Gasteiger partial charge in [0.25, 0.3) is 0 Å². The molecular formula is C18H36F2O. The van der Waals surface area contributed by atoms with Gasteiger partial charge >= 0.3 is 6.11 Å². The van der Waals surface area contributed by atoms with Gasteiger partial charge in [-0.1, -0.05) is 60.3 Å². The molecule has 0 radical (unpaired) electrons. The molecule has 0 heterocycles. The van der Waals surface area contributed by atoms with Crippen molar-refractivity contribution in [2.24, 2.45) is 17.8 Å². The topological polar surface area (TPSA) is 9.23 Å². The third-order valence-corrected chi connectivity index (χ3v) is 4.67. The Hall–Kier alpha value is -0.180. The lowest BCUT2D eigenvalue weighted by atomic mass is 9.86. The smallest absolute Gasteiger partial charge is 0.317 e. The minimum absolute atomic E-state index is 0.362. The molecule has 0 N–H and O–H groups in total. The van der Waals surface area contributed by atoms with Gasteiger partial charge in [0, 0.05) is 5.92 Å². The van der Waals surface area contributed by atoms with Crippen LogP contribution < -0.4 is 0 Å². The quantitative estimate of drug-likeness (QED) is 0.391. The molecule has 3 heteroatoms. The van der Waals surface area contributed by atoms with Crippen LogP contribution in [0.3, 0.4) is 0 Å². The molecule has 0 rings (SSSR count). The van der Waals surface area contributed by atoms with E-state index < -0.39 is 12.0 Å². The van der Waals surface area contributed by atoms with Gasteiger partial charge in [-0.15, -0.1) is 0 Å². The summed E-state index contributed by atoms with van der Waals surface area (Å²) >= 11 is 0. The molecule has 4 unspecified atom stereocenters. The monoisotopic (exact) mass is 306 g/mol. The average molecular weight is 306 g/mol. The van der Waals surface area contributed by atoms with Gasteiger partial charge in [0.1, 0.15) is 0 Å². The maximum absolute atomic E-state index is 14.1. The van der Waals surface area contributed by atoms with Gasteiger partial charge in [-0.3, -0.25) is 0 Å². The predicted octanol–water partition coefficient (Wildman–Crippen LogP) is 6.66. The van der Waals surface area contributed by atoms with Gasteiger partial charge in [0.15, 0.2) is 0 Å². The van der Waals surface area contributed by atoms with Crippen LogP contribution in [0.25, 0.3) is 0 Å². The number of halogens is 2. The summed E-state index contributed by atoms with van der Waals surface area (Å²) in [6.45, 7) is 12.0. The Bertz CT molecular complexity index is 256. The van der Waals surface area contributed by atoms with Gasteiger partial charge in [0.05, 0.1) is 6.10 Å². The minimum Gasteiger partial charge on any atom is -0.317 e. The van der Waals surface area contributed by atoms with Gasteiger partial charge in [-0.05, 0) is 38.0 Å².